The highest BCUT2D eigenvalue weighted by Crippen LogP contribution is 2.23. The number of halogens is 1. The topological polar surface area (TPSA) is 73.1 Å². The Morgan fingerprint density at radius 3 is 2.89 bits per heavy atom. The van der Waals surface area contributed by atoms with Crippen molar-refractivity contribution >= 4 is 21.9 Å². The molecule has 0 aromatic carbocycles. The summed E-state index contributed by atoms with van der Waals surface area (Å²) in [6.07, 6.45) is 6.39. The first-order valence-corrected chi connectivity index (χ1v) is 7.12. The van der Waals surface area contributed by atoms with Crippen LogP contribution in [0.15, 0.2) is 10.7 Å². The highest BCUT2D eigenvalue weighted by atomic mass is 79.9. The normalized spacial score (nSPS) is 12.2. The van der Waals surface area contributed by atoms with Crippen LogP contribution in [0.3, 0.4) is 0 Å². The molecule has 0 amide bonds. The summed E-state index contributed by atoms with van der Waals surface area (Å²) in [4.78, 5) is 8.14. The van der Waals surface area contributed by atoms with Gasteiger partial charge in [-0.2, -0.15) is 4.98 Å². The minimum absolute atomic E-state index is 0.356. The Morgan fingerprint density at radius 1 is 1.50 bits per heavy atom. The summed E-state index contributed by atoms with van der Waals surface area (Å²) in [6.45, 7) is 5.06. The number of unbranched alkanes of at least 4 members (excludes halogenated alkanes) is 1. The number of hydrogen-bond acceptors (Lipinski definition) is 5. The SMILES string of the molecule is CCCCC(CC)COc1nc(NN)ncc1Br. The van der Waals surface area contributed by atoms with Gasteiger partial charge < -0.3 is 4.74 Å². The van der Waals surface area contributed by atoms with Gasteiger partial charge in [0.05, 0.1) is 17.3 Å². The largest absolute Gasteiger partial charge is 0.476 e. The van der Waals surface area contributed by atoms with Gasteiger partial charge in [-0.05, 0) is 28.3 Å². The minimum atomic E-state index is 0.356. The fourth-order valence-corrected chi connectivity index (χ4v) is 1.92. The lowest BCUT2D eigenvalue weighted by molar-refractivity contribution is 0.224. The zero-order valence-corrected chi connectivity index (χ0v) is 12.5. The van der Waals surface area contributed by atoms with Crippen molar-refractivity contribution < 1.29 is 4.74 Å². The Balaban J connectivity index is 2.55. The van der Waals surface area contributed by atoms with Crippen molar-refractivity contribution in [2.45, 2.75) is 39.5 Å². The zero-order chi connectivity index (χ0) is 13.4. The molecule has 1 heterocycles. The maximum Gasteiger partial charge on any atom is 0.240 e. The van der Waals surface area contributed by atoms with Gasteiger partial charge in [0, 0.05) is 0 Å². The molecule has 102 valence electrons. The molecule has 1 aromatic rings. The lowest BCUT2D eigenvalue weighted by Gasteiger charge is -2.15. The van der Waals surface area contributed by atoms with E-state index in [0.717, 1.165) is 10.9 Å². The van der Waals surface area contributed by atoms with Crippen LogP contribution in [0.4, 0.5) is 5.95 Å². The number of nitrogens with zero attached hydrogens (tertiary/aromatic N) is 2. The van der Waals surface area contributed by atoms with Gasteiger partial charge in [-0.3, -0.25) is 5.43 Å². The molecule has 0 saturated carbocycles. The van der Waals surface area contributed by atoms with Crippen LogP contribution in [0.2, 0.25) is 0 Å². The van der Waals surface area contributed by atoms with Crippen LogP contribution in [0.1, 0.15) is 39.5 Å². The van der Waals surface area contributed by atoms with Gasteiger partial charge in [-0.15, -0.1) is 0 Å². The van der Waals surface area contributed by atoms with Gasteiger partial charge in [0.2, 0.25) is 11.8 Å². The third kappa shape index (κ3) is 4.78. The van der Waals surface area contributed by atoms with Crippen molar-refractivity contribution in [1.29, 1.82) is 0 Å². The third-order valence-corrected chi connectivity index (χ3v) is 3.38. The van der Waals surface area contributed by atoms with Crippen LogP contribution >= 0.6 is 15.9 Å². The number of anilines is 1. The number of nitrogen functional groups attached to an aromatic ring is 1. The molecule has 0 aliphatic rings. The second-order valence-electron chi connectivity index (χ2n) is 4.22. The van der Waals surface area contributed by atoms with Crippen LogP contribution in [0.5, 0.6) is 5.88 Å². The van der Waals surface area contributed by atoms with Crippen LogP contribution in [0.25, 0.3) is 0 Å². The van der Waals surface area contributed by atoms with E-state index in [1.807, 2.05) is 0 Å². The fraction of sp³-hybridized carbons (Fsp3) is 0.667. The van der Waals surface area contributed by atoms with Gasteiger partial charge in [0.25, 0.3) is 0 Å². The Bertz CT molecular complexity index is 362. The summed E-state index contributed by atoms with van der Waals surface area (Å²) in [5.74, 6) is 6.73. The molecular formula is C12H21BrN4O. The molecule has 0 bridgehead atoms. The number of nitrogens with one attached hydrogen (secondary N) is 1. The molecule has 0 aliphatic carbocycles. The number of ether oxygens (including phenoxy) is 1. The average molecular weight is 317 g/mol. The summed E-state index contributed by atoms with van der Waals surface area (Å²) in [5, 5.41) is 0. The van der Waals surface area contributed by atoms with E-state index < -0.39 is 0 Å². The Hall–Kier alpha value is -0.880. The van der Waals surface area contributed by atoms with Crippen molar-refractivity contribution in [2.24, 2.45) is 11.8 Å². The molecule has 0 radical (unpaired) electrons. The van der Waals surface area contributed by atoms with E-state index in [4.69, 9.17) is 10.6 Å². The third-order valence-electron chi connectivity index (χ3n) is 2.84. The van der Waals surface area contributed by atoms with E-state index in [-0.39, 0.29) is 0 Å². The zero-order valence-electron chi connectivity index (χ0n) is 10.9. The van der Waals surface area contributed by atoms with E-state index in [2.05, 4.69) is 45.2 Å². The second-order valence-corrected chi connectivity index (χ2v) is 5.07. The van der Waals surface area contributed by atoms with E-state index in [1.165, 1.54) is 19.3 Å². The van der Waals surface area contributed by atoms with Crippen molar-refractivity contribution in [3.8, 4) is 5.88 Å². The molecule has 1 atom stereocenters. The van der Waals surface area contributed by atoms with E-state index in [1.54, 1.807) is 6.20 Å². The van der Waals surface area contributed by atoms with Gasteiger partial charge in [-0.25, -0.2) is 10.8 Å². The van der Waals surface area contributed by atoms with Crippen LogP contribution in [-0.2, 0) is 0 Å². The Kier molecular flexibility index (Phi) is 6.97. The first-order chi connectivity index (χ1) is 8.71. The molecular weight excluding hydrogens is 296 g/mol. The molecule has 1 rings (SSSR count). The maximum absolute atomic E-state index is 5.74. The molecule has 6 heteroatoms. The molecule has 0 spiro atoms. The van der Waals surface area contributed by atoms with Crippen LogP contribution < -0.4 is 16.0 Å². The highest BCUT2D eigenvalue weighted by molar-refractivity contribution is 9.10. The standard InChI is InChI=1S/C12H21BrN4O/c1-3-5-6-9(4-2)8-18-11-10(13)7-15-12(16-11)17-14/h7,9H,3-6,8,14H2,1-2H3,(H,15,16,17). The number of aromatic nitrogens is 2. The summed E-state index contributed by atoms with van der Waals surface area (Å²) in [6, 6.07) is 0. The predicted molar refractivity (Wildman–Crippen MR) is 76.3 cm³/mol. The van der Waals surface area contributed by atoms with Crippen LogP contribution in [-0.4, -0.2) is 16.6 Å². The molecule has 3 N–H and O–H groups in total. The van der Waals surface area contributed by atoms with E-state index in [0.29, 0.717) is 24.4 Å². The number of nitrogens with two attached hydrogens (primary N) is 1. The van der Waals surface area contributed by atoms with Crippen LogP contribution in [0, 0.1) is 5.92 Å². The molecule has 0 aliphatic heterocycles. The second kappa shape index (κ2) is 8.26. The molecule has 0 fully saturated rings. The van der Waals surface area contributed by atoms with Gasteiger partial charge in [-0.1, -0.05) is 33.1 Å². The monoisotopic (exact) mass is 316 g/mol. The van der Waals surface area contributed by atoms with Gasteiger partial charge in [0.1, 0.15) is 0 Å². The summed E-state index contributed by atoms with van der Waals surface area (Å²) in [5.41, 5.74) is 2.41. The van der Waals surface area contributed by atoms with E-state index >= 15 is 0 Å². The lowest BCUT2D eigenvalue weighted by atomic mass is 10.0. The maximum atomic E-state index is 5.74. The van der Waals surface area contributed by atoms with Gasteiger partial charge in [0.15, 0.2) is 0 Å². The first-order valence-electron chi connectivity index (χ1n) is 6.33. The van der Waals surface area contributed by atoms with Crippen molar-refractivity contribution in [1.82, 2.24) is 9.97 Å². The predicted octanol–water partition coefficient (Wildman–Crippen LogP) is 3.12. The minimum Gasteiger partial charge on any atom is -0.476 e. The highest BCUT2D eigenvalue weighted by Gasteiger charge is 2.10. The lowest BCUT2D eigenvalue weighted by Crippen LogP contribution is -2.14. The van der Waals surface area contributed by atoms with Crippen molar-refractivity contribution in [3.63, 3.8) is 0 Å². The smallest absolute Gasteiger partial charge is 0.240 e. The molecule has 5 nitrogen and oxygen atoms in total. The summed E-state index contributed by atoms with van der Waals surface area (Å²) >= 11 is 3.37. The first kappa shape index (κ1) is 15.2. The van der Waals surface area contributed by atoms with Gasteiger partial charge >= 0.3 is 0 Å². The number of hydrogen-bond donors (Lipinski definition) is 2. The summed E-state index contributed by atoms with van der Waals surface area (Å²) in [7, 11) is 0. The Morgan fingerprint density at radius 2 is 2.28 bits per heavy atom. The molecule has 1 aromatic heterocycles. The molecule has 0 saturated heterocycles. The molecule has 18 heavy (non-hydrogen) atoms. The number of hydrazine groups is 1. The van der Waals surface area contributed by atoms with Crippen molar-refractivity contribution in [3.05, 3.63) is 10.7 Å². The van der Waals surface area contributed by atoms with E-state index in [9.17, 15) is 0 Å². The quantitative estimate of drug-likeness (QED) is 0.569. The Labute approximate surface area is 117 Å². The molecule has 1 unspecified atom stereocenters. The average Bonchev–Trinajstić information content (AvgIpc) is 2.40. The number of rotatable bonds is 8. The van der Waals surface area contributed by atoms with Crippen molar-refractivity contribution in [2.75, 3.05) is 12.0 Å². The fourth-order valence-electron chi connectivity index (χ4n) is 1.62. The summed E-state index contributed by atoms with van der Waals surface area (Å²) < 4.78 is 6.48.